The van der Waals surface area contributed by atoms with E-state index in [9.17, 15) is 0 Å². The van der Waals surface area contributed by atoms with Gasteiger partial charge in [-0.3, -0.25) is 0 Å². The third-order valence-corrected chi connectivity index (χ3v) is 5.08. The normalized spacial score (nSPS) is 11.7. The van der Waals surface area contributed by atoms with E-state index >= 15 is 0 Å². The summed E-state index contributed by atoms with van der Waals surface area (Å²) in [4.78, 5) is 0. The Balaban J connectivity index is 0.000000521. The van der Waals surface area contributed by atoms with Crippen molar-refractivity contribution in [1.82, 2.24) is 5.32 Å². The summed E-state index contributed by atoms with van der Waals surface area (Å²) in [6.45, 7) is 27.8. The number of aryl methyl sites for hydroxylation is 2. The summed E-state index contributed by atoms with van der Waals surface area (Å²) >= 11 is 0. The molecule has 2 aromatic carbocycles. The van der Waals surface area contributed by atoms with Gasteiger partial charge in [-0.15, -0.1) is 0 Å². The smallest absolute Gasteiger partial charge is 0.0478 e. The summed E-state index contributed by atoms with van der Waals surface area (Å²) in [6, 6.07) is 15.2. The second-order valence-electron chi connectivity index (χ2n) is 7.91. The lowest BCUT2D eigenvalue weighted by atomic mass is 10.0. The second-order valence-corrected chi connectivity index (χ2v) is 7.91. The van der Waals surface area contributed by atoms with Crippen LogP contribution in [0.5, 0.6) is 0 Å². The van der Waals surface area contributed by atoms with Crippen LogP contribution in [0.15, 0.2) is 79.9 Å². The first kappa shape index (κ1) is 26.0. The molecule has 3 rings (SSSR count). The fourth-order valence-corrected chi connectivity index (χ4v) is 2.57. The number of benzene rings is 2. The van der Waals surface area contributed by atoms with Gasteiger partial charge >= 0.3 is 0 Å². The number of hydrogen-bond acceptors (Lipinski definition) is 2. The van der Waals surface area contributed by atoms with Gasteiger partial charge in [0.2, 0.25) is 0 Å². The van der Waals surface area contributed by atoms with Gasteiger partial charge in [-0.25, -0.2) is 0 Å². The fourth-order valence-electron chi connectivity index (χ4n) is 2.57. The number of hydrogen-bond donors (Lipinski definition) is 2. The summed E-state index contributed by atoms with van der Waals surface area (Å²) in [5, 5.41) is 6.93. The van der Waals surface area contributed by atoms with Gasteiger partial charge in [-0.1, -0.05) is 81.6 Å². The van der Waals surface area contributed by atoms with E-state index in [4.69, 9.17) is 0 Å². The Bertz CT molecular complexity index is 918. The Hall–Kier alpha value is -3.00. The van der Waals surface area contributed by atoms with Crippen LogP contribution in [0.25, 0.3) is 11.4 Å². The Labute approximate surface area is 190 Å². The van der Waals surface area contributed by atoms with E-state index in [-0.39, 0.29) is 0 Å². The molecule has 1 fully saturated rings. The first-order chi connectivity index (χ1) is 14.7. The van der Waals surface area contributed by atoms with Crippen molar-refractivity contribution < 1.29 is 0 Å². The minimum absolute atomic E-state index is 0.596. The third-order valence-electron chi connectivity index (χ3n) is 5.08. The molecule has 0 atom stereocenters. The molecule has 1 aliphatic carbocycles. The molecular formula is C29H40N2. The SMILES string of the molecule is C=C(C)C(=C)C.C=C(Nc1ccccc1C(=C)NC1CC1)c1ccc(C)c(C)c1.CC. The van der Waals surface area contributed by atoms with Gasteiger partial charge in [-0.05, 0) is 69.4 Å². The van der Waals surface area contributed by atoms with Crippen LogP contribution in [0, 0.1) is 13.8 Å². The largest absolute Gasteiger partial charge is 0.382 e. The van der Waals surface area contributed by atoms with E-state index in [0.29, 0.717) is 6.04 Å². The van der Waals surface area contributed by atoms with Crippen molar-refractivity contribution in [3.63, 3.8) is 0 Å². The van der Waals surface area contributed by atoms with E-state index in [0.717, 1.165) is 39.4 Å². The zero-order valence-corrected chi connectivity index (χ0v) is 20.4. The molecule has 0 radical (unpaired) electrons. The fraction of sp³-hybridized carbons (Fsp3) is 0.310. The van der Waals surface area contributed by atoms with Crippen molar-refractivity contribution in [3.05, 3.63) is 102 Å². The topological polar surface area (TPSA) is 24.1 Å². The molecule has 0 amide bonds. The first-order valence-electron chi connectivity index (χ1n) is 11.1. The molecule has 2 aromatic rings. The predicted molar refractivity (Wildman–Crippen MR) is 141 cm³/mol. The summed E-state index contributed by atoms with van der Waals surface area (Å²) < 4.78 is 0. The second kappa shape index (κ2) is 12.6. The quantitative estimate of drug-likeness (QED) is 0.444. The van der Waals surface area contributed by atoms with E-state index in [1.165, 1.54) is 24.0 Å². The minimum Gasteiger partial charge on any atom is -0.382 e. The van der Waals surface area contributed by atoms with Crippen LogP contribution >= 0.6 is 0 Å². The van der Waals surface area contributed by atoms with Gasteiger partial charge in [-0.2, -0.15) is 0 Å². The zero-order valence-electron chi connectivity index (χ0n) is 20.4. The van der Waals surface area contributed by atoms with Crippen LogP contribution in [0.2, 0.25) is 0 Å². The molecule has 0 bridgehead atoms. The Morgan fingerprint density at radius 2 is 1.39 bits per heavy atom. The van der Waals surface area contributed by atoms with E-state index in [1.807, 2.05) is 39.8 Å². The zero-order chi connectivity index (χ0) is 23.6. The van der Waals surface area contributed by atoms with Crippen LogP contribution in [0.4, 0.5) is 5.69 Å². The standard InChI is InChI=1S/C21H24N2.C6H10.C2H6/c1-14-9-10-18(13-15(14)2)16(3)23-21-8-6-5-7-20(21)17(4)22-19-11-12-19;1-5(2)6(3)4;1-2/h5-10,13,19,22-23H,3-4,11-12H2,1-2H3;1,3H2,2,4H3;1-2H3. The van der Waals surface area contributed by atoms with Crippen LogP contribution in [-0.4, -0.2) is 6.04 Å². The third kappa shape index (κ3) is 8.72. The lowest BCUT2D eigenvalue weighted by Crippen LogP contribution is -2.14. The average Bonchev–Trinajstić information content (AvgIpc) is 3.56. The van der Waals surface area contributed by atoms with Gasteiger partial charge in [0.05, 0.1) is 0 Å². The summed E-state index contributed by atoms with van der Waals surface area (Å²) in [7, 11) is 0. The van der Waals surface area contributed by atoms with Crippen LogP contribution in [0.3, 0.4) is 0 Å². The van der Waals surface area contributed by atoms with Gasteiger partial charge in [0.1, 0.15) is 0 Å². The van der Waals surface area contributed by atoms with Crippen molar-refractivity contribution in [1.29, 1.82) is 0 Å². The molecule has 0 aromatic heterocycles. The maximum absolute atomic E-state index is 4.20. The van der Waals surface area contributed by atoms with Crippen molar-refractivity contribution in [2.75, 3.05) is 5.32 Å². The lowest BCUT2D eigenvalue weighted by Gasteiger charge is -2.17. The predicted octanol–water partition coefficient (Wildman–Crippen LogP) is 8.27. The Morgan fingerprint density at radius 1 is 0.806 bits per heavy atom. The van der Waals surface area contributed by atoms with Crippen LogP contribution in [-0.2, 0) is 0 Å². The highest BCUT2D eigenvalue weighted by Crippen LogP contribution is 2.28. The van der Waals surface area contributed by atoms with Crippen molar-refractivity contribution in [3.8, 4) is 0 Å². The molecule has 0 saturated heterocycles. The van der Waals surface area contributed by atoms with Gasteiger partial charge in [0.15, 0.2) is 0 Å². The van der Waals surface area contributed by atoms with Gasteiger partial charge in [0.25, 0.3) is 0 Å². The molecule has 2 nitrogen and oxygen atoms in total. The molecule has 1 aliphatic rings. The van der Waals surface area contributed by atoms with Crippen LogP contribution in [0.1, 0.15) is 62.8 Å². The molecule has 2 heteroatoms. The van der Waals surface area contributed by atoms with E-state index in [1.54, 1.807) is 0 Å². The molecule has 2 N–H and O–H groups in total. The molecule has 0 aliphatic heterocycles. The minimum atomic E-state index is 0.596. The van der Waals surface area contributed by atoms with E-state index in [2.05, 4.69) is 81.1 Å². The number of rotatable bonds is 7. The lowest BCUT2D eigenvalue weighted by molar-refractivity contribution is 0.885. The van der Waals surface area contributed by atoms with Crippen molar-refractivity contribution in [2.45, 2.75) is 60.4 Å². The molecule has 1 saturated carbocycles. The summed E-state index contributed by atoms with van der Waals surface area (Å²) in [6.07, 6.45) is 2.48. The van der Waals surface area contributed by atoms with Gasteiger partial charge < -0.3 is 10.6 Å². The van der Waals surface area contributed by atoms with Gasteiger partial charge in [0, 0.05) is 28.7 Å². The average molecular weight is 417 g/mol. The highest BCUT2D eigenvalue weighted by Gasteiger charge is 2.22. The van der Waals surface area contributed by atoms with E-state index < -0.39 is 0 Å². The maximum atomic E-state index is 4.20. The summed E-state index contributed by atoms with van der Waals surface area (Å²) in [5.74, 6) is 0. The number of allylic oxidation sites excluding steroid dienone is 2. The molecule has 0 spiro atoms. The highest BCUT2D eigenvalue weighted by atomic mass is 15.0. The van der Waals surface area contributed by atoms with Crippen molar-refractivity contribution >= 4 is 17.1 Å². The summed E-state index contributed by atoms with van der Waals surface area (Å²) in [5.41, 5.74) is 9.83. The molecule has 31 heavy (non-hydrogen) atoms. The molecule has 0 unspecified atom stereocenters. The molecule has 0 heterocycles. The highest BCUT2D eigenvalue weighted by molar-refractivity contribution is 5.83. The monoisotopic (exact) mass is 416 g/mol. The number of nitrogens with one attached hydrogen (secondary N) is 2. The molecule has 166 valence electrons. The Kier molecular flexibility index (Phi) is 10.6. The number of para-hydroxylation sites is 1. The first-order valence-corrected chi connectivity index (χ1v) is 11.1. The number of anilines is 1. The Morgan fingerprint density at radius 3 is 1.90 bits per heavy atom. The van der Waals surface area contributed by atoms with Crippen molar-refractivity contribution in [2.24, 2.45) is 0 Å². The maximum Gasteiger partial charge on any atom is 0.0478 e. The molecular weight excluding hydrogens is 376 g/mol. The van der Waals surface area contributed by atoms with Crippen LogP contribution < -0.4 is 10.6 Å².